The van der Waals surface area contributed by atoms with E-state index in [-0.39, 0.29) is 5.91 Å². The molecule has 0 aliphatic carbocycles. The molecule has 1 saturated heterocycles. The lowest BCUT2D eigenvalue weighted by Crippen LogP contribution is -2.43. The normalized spacial score (nSPS) is 19.5. The minimum Gasteiger partial charge on any atom is -0.336 e. The number of likely N-dealkylation sites (tertiary alicyclic amines) is 1. The topological polar surface area (TPSA) is 20.3 Å². The zero-order chi connectivity index (χ0) is 13.8. The second-order valence-corrected chi connectivity index (χ2v) is 6.33. The molecule has 1 aromatic carbocycles. The highest BCUT2D eigenvalue weighted by molar-refractivity contribution is 9.10. The molecule has 2 nitrogen and oxygen atoms in total. The molecule has 1 unspecified atom stereocenters. The lowest BCUT2D eigenvalue weighted by atomic mass is 9.97. The van der Waals surface area contributed by atoms with Crippen molar-refractivity contribution in [3.63, 3.8) is 0 Å². The van der Waals surface area contributed by atoms with Crippen LogP contribution in [0.2, 0.25) is 5.02 Å². The molecule has 1 amide bonds. The van der Waals surface area contributed by atoms with E-state index in [1.807, 2.05) is 17.0 Å². The number of nitrogens with zero attached hydrogens (tertiary/aromatic N) is 1. The number of carbonyl (C=O) groups excluding carboxylic acids is 1. The minimum atomic E-state index is 0.118. The predicted octanol–water partition coefficient (Wildman–Crippen LogP) is 4.90. The second kappa shape index (κ2) is 6.76. The van der Waals surface area contributed by atoms with Crippen molar-refractivity contribution in [1.82, 2.24) is 4.90 Å². The van der Waals surface area contributed by atoms with Crippen LogP contribution in [0.1, 0.15) is 49.4 Å². The highest BCUT2D eigenvalue weighted by Crippen LogP contribution is 2.27. The molecule has 1 heterocycles. The molecule has 4 heteroatoms. The molecule has 1 aliphatic rings. The van der Waals surface area contributed by atoms with Gasteiger partial charge in [-0.15, -0.1) is 0 Å². The zero-order valence-electron chi connectivity index (χ0n) is 11.2. The van der Waals surface area contributed by atoms with Crippen LogP contribution in [0.15, 0.2) is 22.7 Å². The van der Waals surface area contributed by atoms with Crippen molar-refractivity contribution >= 4 is 33.4 Å². The fraction of sp³-hybridized carbons (Fsp3) is 0.533. The van der Waals surface area contributed by atoms with Crippen molar-refractivity contribution in [3.05, 3.63) is 33.3 Å². The Kier molecular flexibility index (Phi) is 5.28. The molecule has 0 N–H and O–H groups in total. The van der Waals surface area contributed by atoms with Gasteiger partial charge in [0.2, 0.25) is 0 Å². The number of piperidine rings is 1. The molecule has 104 valence electrons. The Labute approximate surface area is 128 Å². The summed E-state index contributed by atoms with van der Waals surface area (Å²) in [6.45, 7) is 3.05. The number of halogens is 2. The van der Waals surface area contributed by atoms with Crippen molar-refractivity contribution in [2.45, 2.75) is 45.1 Å². The molecule has 0 spiro atoms. The van der Waals surface area contributed by atoms with Gasteiger partial charge in [-0.1, -0.05) is 24.9 Å². The maximum Gasteiger partial charge on any atom is 0.254 e. The van der Waals surface area contributed by atoms with Crippen LogP contribution in [0.4, 0.5) is 0 Å². The van der Waals surface area contributed by atoms with Crippen LogP contribution in [0.25, 0.3) is 0 Å². The number of benzene rings is 1. The number of hydrogen-bond acceptors (Lipinski definition) is 1. The summed E-state index contributed by atoms with van der Waals surface area (Å²) in [5.74, 6) is 0.118. The maximum atomic E-state index is 12.6. The Morgan fingerprint density at radius 2 is 2.26 bits per heavy atom. The smallest absolute Gasteiger partial charge is 0.254 e. The van der Waals surface area contributed by atoms with Crippen LogP contribution in [0.3, 0.4) is 0 Å². The first-order valence-corrected chi connectivity index (χ1v) is 8.06. The number of rotatable bonds is 3. The summed E-state index contributed by atoms with van der Waals surface area (Å²) in [7, 11) is 0. The quantitative estimate of drug-likeness (QED) is 0.764. The van der Waals surface area contributed by atoms with Crippen LogP contribution in [-0.4, -0.2) is 23.4 Å². The summed E-state index contributed by atoms with van der Waals surface area (Å²) >= 11 is 9.43. The van der Waals surface area contributed by atoms with E-state index in [9.17, 15) is 4.79 Å². The molecule has 1 fully saturated rings. The van der Waals surface area contributed by atoms with Crippen molar-refractivity contribution in [2.75, 3.05) is 6.54 Å². The van der Waals surface area contributed by atoms with Gasteiger partial charge in [0.25, 0.3) is 5.91 Å². The summed E-state index contributed by atoms with van der Waals surface area (Å²) in [5, 5.41) is 0.593. The molecule has 0 aromatic heterocycles. The molecule has 19 heavy (non-hydrogen) atoms. The fourth-order valence-electron chi connectivity index (χ4n) is 2.70. The monoisotopic (exact) mass is 343 g/mol. The molecule has 1 aliphatic heterocycles. The molecule has 1 aromatic rings. The summed E-state index contributed by atoms with van der Waals surface area (Å²) in [5.41, 5.74) is 0.691. The molecule has 0 radical (unpaired) electrons. The maximum absolute atomic E-state index is 12.6. The third-order valence-corrected chi connectivity index (χ3v) is 4.91. The van der Waals surface area contributed by atoms with E-state index in [2.05, 4.69) is 22.9 Å². The average Bonchev–Trinajstić information content (AvgIpc) is 2.42. The van der Waals surface area contributed by atoms with Gasteiger partial charge in [0.15, 0.2) is 0 Å². The van der Waals surface area contributed by atoms with Crippen LogP contribution in [0, 0.1) is 0 Å². The van der Waals surface area contributed by atoms with E-state index >= 15 is 0 Å². The Morgan fingerprint density at radius 1 is 1.47 bits per heavy atom. The van der Waals surface area contributed by atoms with Gasteiger partial charge in [0.1, 0.15) is 0 Å². The molecule has 0 bridgehead atoms. The predicted molar refractivity (Wildman–Crippen MR) is 82.7 cm³/mol. The molecule has 0 saturated carbocycles. The summed E-state index contributed by atoms with van der Waals surface area (Å²) in [6.07, 6.45) is 5.68. The zero-order valence-corrected chi connectivity index (χ0v) is 13.5. The highest BCUT2D eigenvalue weighted by atomic mass is 79.9. The lowest BCUT2D eigenvalue weighted by Gasteiger charge is -2.36. The van der Waals surface area contributed by atoms with Crippen LogP contribution in [-0.2, 0) is 0 Å². The average molecular weight is 345 g/mol. The number of hydrogen-bond donors (Lipinski definition) is 0. The SMILES string of the molecule is CCCC1CCCCN1C(=O)c1ccc(Br)c(Cl)c1. The fourth-order valence-corrected chi connectivity index (χ4v) is 3.12. The number of carbonyl (C=O) groups is 1. The van der Waals surface area contributed by atoms with E-state index in [4.69, 9.17) is 11.6 Å². The van der Waals surface area contributed by atoms with E-state index in [0.717, 1.165) is 36.7 Å². The van der Waals surface area contributed by atoms with Gasteiger partial charge < -0.3 is 4.90 Å². The van der Waals surface area contributed by atoms with Crippen molar-refractivity contribution in [3.8, 4) is 0 Å². The summed E-state index contributed by atoms with van der Waals surface area (Å²) in [6, 6.07) is 5.84. The van der Waals surface area contributed by atoms with Crippen LogP contribution in [0.5, 0.6) is 0 Å². The Morgan fingerprint density at radius 3 is 2.95 bits per heavy atom. The molecular formula is C15H19BrClNO. The Balaban J connectivity index is 2.18. The van der Waals surface area contributed by atoms with E-state index in [1.54, 1.807) is 6.07 Å². The van der Waals surface area contributed by atoms with Gasteiger partial charge in [-0.2, -0.15) is 0 Å². The Bertz CT molecular complexity index is 461. The Hall–Kier alpha value is -0.540. The van der Waals surface area contributed by atoms with Crippen LogP contribution >= 0.6 is 27.5 Å². The molecular weight excluding hydrogens is 326 g/mol. The van der Waals surface area contributed by atoms with Gasteiger partial charge in [-0.3, -0.25) is 4.79 Å². The minimum absolute atomic E-state index is 0.118. The van der Waals surface area contributed by atoms with Gasteiger partial charge in [-0.25, -0.2) is 0 Å². The van der Waals surface area contributed by atoms with Gasteiger partial charge in [0.05, 0.1) is 5.02 Å². The summed E-state index contributed by atoms with van der Waals surface area (Å²) < 4.78 is 0.828. The molecule has 2 rings (SSSR count). The van der Waals surface area contributed by atoms with Crippen molar-refractivity contribution in [2.24, 2.45) is 0 Å². The van der Waals surface area contributed by atoms with Gasteiger partial charge in [0, 0.05) is 22.6 Å². The number of amides is 1. The first kappa shape index (κ1) is 14.9. The van der Waals surface area contributed by atoms with E-state index in [0.29, 0.717) is 16.6 Å². The van der Waals surface area contributed by atoms with Gasteiger partial charge >= 0.3 is 0 Å². The van der Waals surface area contributed by atoms with Crippen molar-refractivity contribution < 1.29 is 4.79 Å². The lowest BCUT2D eigenvalue weighted by molar-refractivity contribution is 0.0600. The van der Waals surface area contributed by atoms with Gasteiger partial charge in [-0.05, 0) is 59.8 Å². The summed E-state index contributed by atoms with van der Waals surface area (Å²) in [4.78, 5) is 14.6. The third-order valence-electron chi connectivity index (χ3n) is 3.68. The molecule has 1 atom stereocenters. The standard InChI is InChI=1S/C15H19BrClNO/c1-2-5-12-6-3-4-9-18(12)15(19)11-7-8-13(16)14(17)10-11/h7-8,10,12H,2-6,9H2,1H3. The first-order valence-electron chi connectivity index (χ1n) is 6.89. The highest BCUT2D eigenvalue weighted by Gasteiger charge is 2.26. The van der Waals surface area contributed by atoms with Crippen LogP contribution < -0.4 is 0 Å². The van der Waals surface area contributed by atoms with Crippen molar-refractivity contribution in [1.29, 1.82) is 0 Å². The third kappa shape index (κ3) is 3.51. The largest absolute Gasteiger partial charge is 0.336 e. The first-order chi connectivity index (χ1) is 9.13. The second-order valence-electron chi connectivity index (χ2n) is 5.07. The van der Waals surface area contributed by atoms with E-state index in [1.165, 1.54) is 6.42 Å². The van der Waals surface area contributed by atoms with E-state index < -0.39 is 0 Å².